The fraction of sp³-hybridized carbons (Fsp3) is 0.150. The Morgan fingerprint density at radius 3 is 1.58 bits per heavy atom. The number of carboxylic acids is 1. The highest BCUT2D eigenvalue weighted by molar-refractivity contribution is 5.95. The van der Waals surface area contributed by atoms with Gasteiger partial charge in [-0.3, -0.25) is 15.0 Å². The molecule has 0 spiro atoms. The quantitative estimate of drug-likeness (QED) is 0.104. The monoisotopic (exact) mass is 802 g/mol. The Labute approximate surface area is 334 Å². The molecule has 1 amide bonds. The Kier molecular flexibility index (Phi) is 13.4. The van der Waals surface area contributed by atoms with Gasteiger partial charge in [0.15, 0.2) is 11.6 Å². The molecule has 0 aliphatic rings. The predicted octanol–water partition coefficient (Wildman–Crippen LogP) is 5.80. The number of carbonyl (C=O) groups is 2. The first-order chi connectivity index (χ1) is 28.5. The number of nitrogens with one attached hydrogen (secondary N) is 3. The first-order valence-electron chi connectivity index (χ1n) is 17.9. The number of aryl methyl sites for hydroxylation is 2. The minimum Gasteiger partial charge on any atom is -0.478 e. The number of hydrogen-bond acceptors (Lipinski definition) is 13. The number of hydrogen-bond donors (Lipinski definition) is 5. The molecule has 300 valence electrons. The predicted molar refractivity (Wildman–Crippen MR) is 208 cm³/mol. The van der Waals surface area contributed by atoms with Crippen molar-refractivity contribution in [2.45, 2.75) is 26.7 Å². The highest BCUT2D eigenvalue weighted by Crippen LogP contribution is 2.19. The molecule has 0 bridgehead atoms. The lowest BCUT2D eigenvalue weighted by molar-refractivity contribution is 0.0696. The summed E-state index contributed by atoms with van der Waals surface area (Å²) in [7, 11) is 0. The second-order valence-corrected chi connectivity index (χ2v) is 12.5. The van der Waals surface area contributed by atoms with Crippen LogP contribution in [0.15, 0.2) is 106 Å². The van der Waals surface area contributed by atoms with Crippen molar-refractivity contribution in [1.82, 2.24) is 56.0 Å². The molecule has 4 heterocycles. The number of benzene rings is 4. The maximum Gasteiger partial charge on any atom is 0.335 e. The molecule has 8 aromatic rings. The van der Waals surface area contributed by atoms with E-state index in [0.717, 1.165) is 11.4 Å². The van der Waals surface area contributed by atoms with Gasteiger partial charge in [-0.05, 0) is 79.3 Å². The Balaban J connectivity index is 0.000000164. The minimum absolute atomic E-state index is 0.204. The number of aromatic amines is 2. The number of H-pyrrole nitrogens is 2. The number of nitrogens with zero attached hydrogens (tertiary/aromatic N) is 8. The summed E-state index contributed by atoms with van der Waals surface area (Å²) in [6.07, 6.45) is 1.14. The number of amides is 1. The van der Waals surface area contributed by atoms with E-state index in [0.29, 0.717) is 89.1 Å². The Morgan fingerprint density at radius 2 is 1.12 bits per heavy atom. The molecule has 4 aromatic heterocycles. The van der Waals surface area contributed by atoms with Crippen molar-refractivity contribution in [3.8, 4) is 45.6 Å². The van der Waals surface area contributed by atoms with E-state index >= 15 is 0 Å². The fourth-order valence-corrected chi connectivity index (χ4v) is 5.23. The van der Waals surface area contributed by atoms with Crippen molar-refractivity contribution in [2.75, 3.05) is 13.1 Å². The molecule has 17 nitrogen and oxygen atoms in total. The molecule has 0 saturated heterocycles. The summed E-state index contributed by atoms with van der Waals surface area (Å²) < 4.78 is 35.5. The maximum atomic E-state index is 13.0. The lowest BCUT2D eigenvalue weighted by Gasteiger charge is -2.05. The van der Waals surface area contributed by atoms with Gasteiger partial charge >= 0.3 is 5.97 Å². The van der Waals surface area contributed by atoms with Crippen LogP contribution in [-0.2, 0) is 12.8 Å². The Hall–Kier alpha value is -7.80. The molecule has 8 rings (SSSR count). The lowest BCUT2D eigenvalue weighted by Crippen LogP contribution is -2.26. The van der Waals surface area contributed by atoms with Crippen molar-refractivity contribution >= 4 is 11.9 Å². The zero-order valence-corrected chi connectivity index (χ0v) is 31.6. The van der Waals surface area contributed by atoms with Crippen LogP contribution in [0.1, 0.15) is 44.1 Å². The maximum absolute atomic E-state index is 13.0. The van der Waals surface area contributed by atoms with E-state index < -0.39 is 5.97 Å². The summed E-state index contributed by atoms with van der Waals surface area (Å²) >= 11 is 0. The molecule has 19 heteroatoms. The van der Waals surface area contributed by atoms with Gasteiger partial charge in [-0.25, -0.2) is 23.5 Å². The van der Waals surface area contributed by atoms with Crippen LogP contribution in [0.2, 0.25) is 0 Å². The number of carboxylic acid groups (broad SMARTS) is 1. The van der Waals surface area contributed by atoms with Gasteiger partial charge in [-0.2, -0.15) is 20.2 Å². The lowest BCUT2D eigenvalue weighted by atomic mass is 10.1. The summed E-state index contributed by atoms with van der Waals surface area (Å²) in [5.74, 6) is 2.39. The number of aromatic nitrogens is 10. The van der Waals surface area contributed by atoms with Gasteiger partial charge < -0.3 is 25.2 Å². The minimum atomic E-state index is -0.975. The van der Waals surface area contributed by atoms with Gasteiger partial charge in [-0.1, -0.05) is 34.6 Å². The van der Waals surface area contributed by atoms with Crippen molar-refractivity contribution in [3.63, 3.8) is 0 Å². The Morgan fingerprint density at radius 1 is 0.644 bits per heavy atom. The highest BCUT2D eigenvalue weighted by atomic mass is 19.1. The third-order valence-corrected chi connectivity index (χ3v) is 8.10. The molecule has 0 aliphatic heterocycles. The zero-order valence-electron chi connectivity index (χ0n) is 31.6. The topological polar surface area (TPSA) is 253 Å². The third kappa shape index (κ3) is 11.4. The van der Waals surface area contributed by atoms with Crippen LogP contribution in [0.3, 0.4) is 0 Å². The van der Waals surface area contributed by atoms with Crippen molar-refractivity contribution in [1.29, 1.82) is 0 Å². The molecule has 0 atom stereocenters. The van der Waals surface area contributed by atoms with Crippen molar-refractivity contribution < 1.29 is 32.5 Å². The molecular formula is C40H36F2N12O5. The molecule has 0 radical (unpaired) electrons. The summed E-state index contributed by atoms with van der Waals surface area (Å²) in [6, 6.07) is 25.4. The van der Waals surface area contributed by atoms with Gasteiger partial charge in [0.05, 0.1) is 5.56 Å². The average Bonchev–Trinajstić information content (AvgIpc) is 4.09. The van der Waals surface area contributed by atoms with Crippen LogP contribution in [0.25, 0.3) is 45.6 Å². The molecule has 6 N–H and O–H groups in total. The van der Waals surface area contributed by atoms with Crippen LogP contribution in [-0.4, -0.2) is 80.7 Å². The smallest absolute Gasteiger partial charge is 0.335 e. The van der Waals surface area contributed by atoms with E-state index in [1.807, 2.05) is 6.07 Å². The molecular weight excluding hydrogens is 767 g/mol. The zero-order chi connectivity index (χ0) is 41.7. The van der Waals surface area contributed by atoms with E-state index in [2.05, 4.69) is 56.0 Å². The Bertz CT molecular complexity index is 2620. The second-order valence-electron chi connectivity index (χ2n) is 12.5. The molecule has 4 aromatic carbocycles. The first-order valence-corrected chi connectivity index (χ1v) is 17.9. The van der Waals surface area contributed by atoms with Crippen LogP contribution in [0, 0.1) is 25.5 Å². The summed E-state index contributed by atoms with van der Waals surface area (Å²) in [5, 5.41) is 33.0. The van der Waals surface area contributed by atoms with Crippen LogP contribution < -0.4 is 11.1 Å². The van der Waals surface area contributed by atoms with Gasteiger partial charge in [0.1, 0.15) is 23.3 Å². The highest BCUT2D eigenvalue weighted by Gasteiger charge is 2.12. The number of halogens is 2. The summed E-state index contributed by atoms with van der Waals surface area (Å²) in [6.45, 7) is 4.29. The van der Waals surface area contributed by atoms with Gasteiger partial charge in [0.25, 0.3) is 5.91 Å². The van der Waals surface area contributed by atoms with Gasteiger partial charge in [0, 0.05) is 61.1 Å². The molecule has 0 aliphatic carbocycles. The fourth-order valence-electron chi connectivity index (χ4n) is 5.23. The SMILES string of the molecule is Cc1nc(-c2cccc(C(=O)NCCc3nc(-c4ccc(F)cc4)n[nH]3)c2)no1.Cc1nc(-c2cccc(C(=O)O)c2)no1.NCCc1nc(-c2ccc(F)cc2)n[nH]1. The van der Waals surface area contributed by atoms with Crippen LogP contribution in [0.4, 0.5) is 8.78 Å². The molecule has 0 saturated carbocycles. The van der Waals surface area contributed by atoms with Gasteiger partial charge in [0.2, 0.25) is 23.4 Å². The van der Waals surface area contributed by atoms with Crippen molar-refractivity contribution in [3.05, 3.63) is 143 Å². The molecule has 0 fully saturated rings. The van der Waals surface area contributed by atoms with E-state index in [4.69, 9.17) is 19.9 Å². The molecule has 0 unspecified atom stereocenters. The number of carbonyl (C=O) groups excluding carboxylic acids is 1. The average molecular weight is 803 g/mol. The second kappa shape index (κ2) is 19.4. The standard InChI is InChI=1S/C20H17FN6O2.C10H11FN4.C10H8N2O3/c1-12-23-19(27-29-12)14-3-2-4-15(11-14)20(28)22-10-9-17-24-18(26-25-17)13-5-7-16(21)8-6-13;11-8-3-1-7(2-4-8)10-13-9(5-6-12)14-15-10;1-6-11-9(12-15-6)7-3-2-4-8(5-7)10(13)14/h2-8,11H,9-10H2,1H3,(H,22,28)(H,24,25,26);1-4H,5-6,12H2,(H,13,14,15);2-5H,1H3,(H,13,14). The van der Waals surface area contributed by atoms with Crippen LogP contribution >= 0.6 is 0 Å². The number of aromatic carboxylic acids is 1. The number of nitrogens with two attached hydrogens (primary N) is 1. The number of rotatable bonds is 11. The first kappa shape index (κ1) is 40.9. The van der Waals surface area contributed by atoms with Crippen LogP contribution in [0.5, 0.6) is 0 Å². The van der Waals surface area contributed by atoms with Crippen molar-refractivity contribution in [2.24, 2.45) is 5.73 Å². The summed E-state index contributed by atoms with van der Waals surface area (Å²) in [5.41, 5.74) is 8.93. The normalized spacial score (nSPS) is 10.6. The van der Waals surface area contributed by atoms with E-state index in [1.54, 1.807) is 68.4 Å². The molecule has 59 heavy (non-hydrogen) atoms. The van der Waals surface area contributed by atoms with E-state index in [9.17, 15) is 18.4 Å². The van der Waals surface area contributed by atoms with E-state index in [-0.39, 0.29) is 23.1 Å². The third-order valence-electron chi connectivity index (χ3n) is 8.10. The largest absolute Gasteiger partial charge is 0.478 e. The van der Waals surface area contributed by atoms with E-state index in [1.165, 1.54) is 36.4 Å². The summed E-state index contributed by atoms with van der Waals surface area (Å²) in [4.78, 5) is 39.9. The van der Waals surface area contributed by atoms with Gasteiger partial charge in [-0.15, -0.1) is 0 Å².